The number of aromatic nitrogens is 2. The first-order chi connectivity index (χ1) is 11.9. The van der Waals surface area contributed by atoms with Crippen molar-refractivity contribution in [3.63, 3.8) is 0 Å². The Morgan fingerprint density at radius 3 is 2.84 bits per heavy atom. The van der Waals surface area contributed by atoms with Gasteiger partial charge in [0, 0.05) is 17.8 Å². The van der Waals surface area contributed by atoms with E-state index in [1.54, 1.807) is 0 Å². The minimum atomic E-state index is -1.02. The van der Waals surface area contributed by atoms with Crippen LogP contribution in [-0.2, 0) is 17.6 Å². The molecule has 0 bridgehead atoms. The fourth-order valence-corrected chi connectivity index (χ4v) is 2.89. The van der Waals surface area contributed by atoms with Crippen LogP contribution in [0.5, 0.6) is 0 Å². The van der Waals surface area contributed by atoms with Crippen LogP contribution in [0.1, 0.15) is 35.1 Å². The SMILES string of the molecule is CC(CNC(=O)c1nn(-c2cccc(F)c2F)c2c1CCC2)C(=O)O. The van der Waals surface area contributed by atoms with Crippen molar-refractivity contribution in [2.45, 2.75) is 26.2 Å². The van der Waals surface area contributed by atoms with Crippen LogP contribution < -0.4 is 5.32 Å². The van der Waals surface area contributed by atoms with E-state index in [0.717, 1.165) is 12.5 Å². The minimum Gasteiger partial charge on any atom is -0.481 e. The molecular weight excluding hydrogens is 332 g/mol. The lowest BCUT2D eigenvalue weighted by Crippen LogP contribution is -2.32. The molecular formula is C17H17F2N3O3. The lowest BCUT2D eigenvalue weighted by atomic mass is 10.1. The number of hydrogen-bond donors (Lipinski definition) is 2. The average molecular weight is 349 g/mol. The highest BCUT2D eigenvalue weighted by Gasteiger charge is 2.28. The van der Waals surface area contributed by atoms with Crippen LogP contribution in [0.2, 0.25) is 0 Å². The molecule has 2 aromatic rings. The zero-order valence-electron chi connectivity index (χ0n) is 13.6. The van der Waals surface area contributed by atoms with Crippen molar-refractivity contribution in [3.05, 3.63) is 46.8 Å². The summed E-state index contributed by atoms with van der Waals surface area (Å²) in [6.45, 7) is 1.44. The summed E-state index contributed by atoms with van der Waals surface area (Å²) in [6, 6.07) is 3.80. The summed E-state index contributed by atoms with van der Waals surface area (Å²) in [5.74, 6) is -4.27. The molecule has 2 N–H and O–H groups in total. The third kappa shape index (κ3) is 3.11. The molecule has 1 heterocycles. The Balaban J connectivity index is 1.94. The molecule has 1 atom stereocenters. The normalized spacial score (nSPS) is 14.2. The van der Waals surface area contributed by atoms with Gasteiger partial charge in [0.25, 0.3) is 5.91 Å². The highest BCUT2D eigenvalue weighted by molar-refractivity contribution is 5.94. The number of carbonyl (C=O) groups is 2. The first-order valence-corrected chi connectivity index (χ1v) is 7.96. The van der Waals surface area contributed by atoms with Crippen molar-refractivity contribution in [1.82, 2.24) is 15.1 Å². The summed E-state index contributed by atoms with van der Waals surface area (Å²) in [7, 11) is 0. The van der Waals surface area contributed by atoms with Crippen molar-refractivity contribution in [3.8, 4) is 5.69 Å². The number of aliphatic carboxylic acids is 1. The van der Waals surface area contributed by atoms with E-state index in [0.29, 0.717) is 24.1 Å². The molecule has 0 saturated carbocycles. The molecule has 1 aromatic heterocycles. The van der Waals surface area contributed by atoms with Crippen molar-refractivity contribution in [1.29, 1.82) is 0 Å². The fraction of sp³-hybridized carbons (Fsp3) is 0.353. The lowest BCUT2D eigenvalue weighted by Gasteiger charge is -2.08. The standard InChI is InChI=1S/C17H17F2N3O3/c1-9(17(24)25)8-20-16(23)15-10-4-2-6-12(10)22(21-15)13-7-3-5-11(18)14(13)19/h3,5,7,9H,2,4,6,8H2,1H3,(H,20,23)(H,24,25). The molecule has 8 heteroatoms. The van der Waals surface area contributed by atoms with E-state index in [1.165, 1.54) is 23.7 Å². The Kier molecular flexibility index (Phi) is 4.52. The summed E-state index contributed by atoms with van der Waals surface area (Å²) >= 11 is 0. The maximum Gasteiger partial charge on any atom is 0.308 e. The number of carboxylic acids is 1. The second-order valence-electron chi connectivity index (χ2n) is 6.06. The molecule has 0 saturated heterocycles. The molecule has 0 radical (unpaired) electrons. The van der Waals surface area contributed by atoms with Gasteiger partial charge in [-0.3, -0.25) is 9.59 Å². The number of carbonyl (C=O) groups excluding carboxylic acids is 1. The number of amides is 1. The first kappa shape index (κ1) is 17.1. The highest BCUT2D eigenvalue weighted by atomic mass is 19.2. The number of benzene rings is 1. The van der Waals surface area contributed by atoms with Crippen molar-refractivity contribution >= 4 is 11.9 Å². The van der Waals surface area contributed by atoms with E-state index in [4.69, 9.17) is 5.11 Å². The molecule has 1 amide bonds. The number of nitrogens with one attached hydrogen (secondary N) is 1. The Morgan fingerprint density at radius 1 is 1.36 bits per heavy atom. The zero-order valence-corrected chi connectivity index (χ0v) is 13.6. The van der Waals surface area contributed by atoms with E-state index in [9.17, 15) is 18.4 Å². The van der Waals surface area contributed by atoms with E-state index < -0.39 is 29.4 Å². The zero-order chi connectivity index (χ0) is 18.1. The van der Waals surface area contributed by atoms with Gasteiger partial charge >= 0.3 is 5.97 Å². The van der Waals surface area contributed by atoms with E-state index in [1.807, 2.05) is 0 Å². The maximum absolute atomic E-state index is 14.1. The van der Waals surface area contributed by atoms with Gasteiger partial charge in [0.1, 0.15) is 5.69 Å². The Labute approximate surface area is 142 Å². The van der Waals surface area contributed by atoms with Crippen LogP contribution in [-0.4, -0.2) is 33.3 Å². The lowest BCUT2D eigenvalue weighted by molar-refractivity contribution is -0.140. The van der Waals surface area contributed by atoms with Gasteiger partial charge in [-0.25, -0.2) is 13.5 Å². The predicted molar refractivity (Wildman–Crippen MR) is 84.6 cm³/mol. The number of nitrogens with zero attached hydrogens (tertiary/aromatic N) is 2. The molecule has 132 valence electrons. The summed E-state index contributed by atoms with van der Waals surface area (Å²) in [5.41, 5.74) is 1.47. The van der Waals surface area contributed by atoms with E-state index >= 15 is 0 Å². The van der Waals surface area contributed by atoms with Gasteiger partial charge in [-0.15, -0.1) is 0 Å². The minimum absolute atomic E-state index is 0.0376. The summed E-state index contributed by atoms with van der Waals surface area (Å²) in [6.07, 6.45) is 2.01. The maximum atomic E-state index is 14.1. The van der Waals surface area contributed by atoms with Gasteiger partial charge in [0.15, 0.2) is 17.3 Å². The van der Waals surface area contributed by atoms with Gasteiger partial charge in [0.05, 0.1) is 5.92 Å². The highest BCUT2D eigenvalue weighted by Crippen LogP contribution is 2.29. The van der Waals surface area contributed by atoms with Crippen LogP contribution in [0.3, 0.4) is 0 Å². The Hall–Kier alpha value is -2.77. The largest absolute Gasteiger partial charge is 0.481 e. The first-order valence-electron chi connectivity index (χ1n) is 7.96. The Bertz CT molecular complexity index is 848. The van der Waals surface area contributed by atoms with Crippen molar-refractivity contribution < 1.29 is 23.5 Å². The van der Waals surface area contributed by atoms with Crippen LogP contribution in [0.25, 0.3) is 5.69 Å². The van der Waals surface area contributed by atoms with Crippen molar-refractivity contribution in [2.75, 3.05) is 6.54 Å². The van der Waals surface area contributed by atoms with Crippen LogP contribution in [0.4, 0.5) is 8.78 Å². The molecule has 6 nitrogen and oxygen atoms in total. The number of carboxylic acid groups (broad SMARTS) is 1. The number of rotatable bonds is 5. The van der Waals surface area contributed by atoms with E-state index in [-0.39, 0.29) is 17.9 Å². The molecule has 0 aliphatic heterocycles. The molecule has 1 unspecified atom stereocenters. The van der Waals surface area contributed by atoms with Crippen LogP contribution in [0, 0.1) is 17.6 Å². The van der Waals surface area contributed by atoms with Gasteiger partial charge in [-0.1, -0.05) is 13.0 Å². The quantitative estimate of drug-likeness (QED) is 0.866. The van der Waals surface area contributed by atoms with Gasteiger partial charge < -0.3 is 10.4 Å². The summed E-state index contributed by atoms with van der Waals surface area (Å²) in [5, 5.41) is 15.6. The molecule has 25 heavy (non-hydrogen) atoms. The third-order valence-electron chi connectivity index (χ3n) is 4.30. The third-order valence-corrected chi connectivity index (χ3v) is 4.30. The smallest absolute Gasteiger partial charge is 0.308 e. The second kappa shape index (κ2) is 6.62. The molecule has 1 aliphatic rings. The summed E-state index contributed by atoms with van der Waals surface area (Å²) in [4.78, 5) is 23.2. The molecule has 3 rings (SSSR count). The molecule has 1 aliphatic carbocycles. The molecule has 1 aromatic carbocycles. The topological polar surface area (TPSA) is 84.2 Å². The molecule has 0 spiro atoms. The van der Waals surface area contributed by atoms with Crippen molar-refractivity contribution in [2.24, 2.45) is 5.92 Å². The van der Waals surface area contributed by atoms with E-state index in [2.05, 4.69) is 10.4 Å². The fourth-order valence-electron chi connectivity index (χ4n) is 2.89. The number of hydrogen-bond acceptors (Lipinski definition) is 3. The van der Waals surface area contributed by atoms with Crippen LogP contribution in [0.15, 0.2) is 18.2 Å². The number of halogens is 2. The molecule has 0 fully saturated rings. The predicted octanol–water partition coefficient (Wildman–Crippen LogP) is 2.09. The number of fused-ring (bicyclic) bond motifs is 1. The second-order valence-corrected chi connectivity index (χ2v) is 6.06. The van der Waals surface area contributed by atoms with Gasteiger partial charge in [0.2, 0.25) is 0 Å². The average Bonchev–Trinajstić information content (AvgIpc) is 3.17. The Morgan fingerprint density at radius 2 is 2.12 bits per heavy atom. The van der Waals surface area contributed by atoms with Gasteiger partial charge in [-0.2, -0.15) is 5.10 Å². The summed E-state index contributed by atoms with van der Waals surface area (Å²) < 4.78 is 28.9. The van der Waals surface area contributed by atoms with Gasteiger partial charge in [-0.05, 0) is 31.4 Å². The van der Waals surface area contributed by atoms with Crippen LogP contribution >= 0.6 is 0 Å². The monoisotopic (exact) mass is 349 g/mol.